The van der Waals surface area contributed by atoms with E-state index in [0.717, 1.165) is 16.6 Å². The number of rotatable bonds is 2. The van der Waals surface area contributed by atoms with Crippen molar-refractivity contribution in [3.05, 3.63) is 54.5 Å². The van der Waals surface area contributed by atoms with Gasteiger partial charge in [-0.25, -0.2) is 4.68 Å². The average molecular weight is 254 g/mol. The zero-order valence-corrected chi connectivity index (χ0v) is 10.3. The van der Waals surface area contributed by atoms with Gasteiger partial charge in [0.25, 0.3) is 0 Å². The summed E-state index contributed by atoms with van der Waals surface area (Å²) in [6, 6.07) is 11.7. The van der Waals surface area contributed by atoms with Crippen LogP contribution in [-0.4, -0.2) is 19.8 Å². The minimum absolute atomic E-state index is 0.269. The van der Waals surface area contributed by atoms with Gasteiger partial charge < -0.3 is 5.73 Å². The van der Waals surface area contributed by atoms with Crippen molar-refractivity contribution in [2.45, 2.75) is 0 Å². The Hall–Kier alpha value is -2.27. The number of nitrogens with two attached hydrogens (primary N) is 1. The van der Waals surface area contributed by atoms with Gasteiger partial charge in [0, 0.05) is 11.6 Å². The predicted molar refractivity (Wildman–Crippen MR) is 74.8 cm³/mol. The highest BCUT2D eigenvalue weighted by molar-refractivity contribution is 7.80. The summed E-state index contributed by atoms with van der Waals surface area (Å²) in [5.41, 5.74) is 8.08. The molecule has 1 aromatic carbocycles. The normalized spacial score (nSPS) is 10.7. The lowest BCUT2D eigenvalue weighted by molar-refractivity contribution is 0.900. The highest BCUT2D eigenvalue weighted by Gasteiger charge is 2.11. The number of thiocarbonyl (C=S) groups is 1. The molecule has 3 aromatic rings. The summed E-state index contributed by atoms with van der Waals surface area (Å²) in [7, 11) is 0. The fourth-order valence-corrected chi connectivity index (χ4v) is 2.08. The Kier molecular flexibility index (Phi) is 2.53. The van der Waals surface area contributed by atoms with Crippen LogP contribution in [0.2, 0.25) is 0 Å². The molecule has 18 heavy (non-hydrogen) atoms. The Morgan fingerprint density at radius 1 is 1.17 bits per heavy atom. The number of para-hydroxylation sites is 1. The van der Waals surface area contributed by atoms with Gasteiger partial charge in [0.1, 0.15) is 10.7 Å². The van der Waals surface area contributed by atoms with Gasteiger partial charge in [-0.05, 0) is 18.2 Å². The predicted octanol–water partition coefficient (Wildman–Crippen LogP) is 2.05. The molecule has 0 radical (unpaired) electrons. The summed E-state index contributed by atoms with van der Waals surface area (Å²) in [4.78, 5) is 4.48. The third-order valence-electron chi connectivity index (χ3n) is 2.73. The Bertz CT molecular complexity index is 732. The molecule has 0 aliphatic heterocycles. The monoisotopic (exact) mass is 254 g/mol. The highest BCUT2D eigenvalue weighted by Crippen LogP contribution is 2.19. The molecule has 0 spiro atoms. The Morgan fingerprint density at radius 3 is 2.83 bits per heavy atom. The van der Waals surface area contributed by atoms with Gasteiger partial charge in [0.2, 0.25) is 0 Å². The number of fused-ring (bicyclic) bond motifs is 1. The fourth-order valence-electron chi connectivity index (χ4n) is 1.92. The number of pyridine rings is 1. The highest BCUT2D eigenvalue weighted by atomic mass is 32.1. The zero-order valence-electron chi connectivity index (χ0n) is 9.45. The van der Waals surface area contributed by atoms with Crippen LogP contribution in [0.3, 0.4) is 0 Å². The van der Waals surface area contributed by atoms with E-state index in [1.165, 1.54) is 0 Å². The van der Waals surface area contributed by atoms with Crippen LogP contribution in [-0.2, 0) is 0 Å². The van der Waals surface area contributed by atoms with Crippen molar-refractivity contribution in [1.82, 2.24) is 14.8 Å². The first-order valence-electron chi connectivity index (χ1n) is 5.45. The quantitative estimate of drug-likeness (QED) is 0.711. The second kappa shape index (κ2) is 4.19. The van der Waals surface area contributed by atoms with Gasteiger partial charge in [-0.2, -0.15) is 5.10 Å². The molecule has 0 saturated heterocycles. The van der Waals surface area contributed by atoms with Crippen LogP contribution in [0.25, 0.3) is 16.6 Å². The number of benzene rings is 1. The lowest BCUT2D eigenvalue weighted by atomic mass is 10.2. The maximum Gasteiger partial charge on any atom is 0.124 e. The Labute approximate surface area is 109 Å². The Morgan fingerprint density at radius 2 is 2.00 bits per heavy atom. The van der Waals surface area contributed by atoms with Gasteiger partial charge in [0.15, 0.2) is 0 Å². The topological polar surface area (TPSA) is 56.7 Å². The van der Waals surface area contributed by atoms with Crippen molar-refractivity contribution in [1.29, 1.82) is 0 Å². The molecule has 0 saturated carbocycles. The third kappa shape index (κ3) is 1.65. The van der Waals surface area contributed by atoms with Gasteiger partial charge in [-0.15, -0.1) is 0 Å². The molecule has 0 aliphatic rings. The van der Waals surface area contributed by atoms with Crippen LogP contribution in [0.1, 0.15) is 5.69 Å². The average Bonchev–Trinajstić information content (AvgIpc) is 2.82. The van der Waals surface area contributed by atoms with Crippen LogP contribution in [0.5, 0.6) is 0 Å². The molecule has 0 aliphatic carbocycles. The summed E-state index contributed by atoms with van der Waals surface area (Å²) in [6.45, 7) is 0. The van der Waals surface area contributed by atoms with E-state index in [2.05, 4.69) is 10.1 Å². The van der Waals surface area contributed by atoms with Gasteiger partial charge >= 0.3 is 0 Å². The SMILES string of the molecule is NC(=S)c1ncccc1-n1ncc2ccccc21. The molecule has 0 atom stereocenters. The van der Waals surface area contributed by atoms with Crippen molar-refractivity contribution < 1.29 is 0 Å². The second-order valence-electron chi connectivity index (χ2n) is 3.85. The number of hydrogen-bond acceptors (Lipinski definition) is 3. The molecule has 2 aromatic heterocycles. The molecule has 3 rings (SSSR count). The van der Waals surface area contributed by atoms with Crippen molar-refractivity contribution in [3.8, 4) is 5.69 Å². The largest absolute Gasteiger partial charge is 0.388 e. The number of nitrogens with zero attached hydrogens (tertiary/aromatic N) is 3. The lowest BCUT2D eigenvalue weighted by Crippen LogP contribution is -2.15. The van der Waals surface area contributed by atoms with Crippen molar-refractivity contribution >= 4 is 28.1 Å². The standard InChI is InChI=1S/C13H10N4S/c14-13(18)12-11(6-3-7-15-12)17-10-5-2-1-4-9(10)8-16-17/h1-8H,(H2,14,18). The zero-order chi connectivity index (χ0) is 12.5. The summed E-state index contributed by atoms with van der Waals surface area (Å²) < 4.78 is 1.80. The first-order valence-corrected chi connectivity index (χ1v) is 5.86. The number of aromatic nitrogens is 3. The van der Waals surface area contributed by atoms with Crippen molar-refractivity contribution in [2.75, 3.05) is 0 Å². The summed E-state index contributed by atoms with van der Waals surface area (Å²) >= 11 is 5.02. The maximum atomic E-state index is 5.69. The van der Waals surface area contributed by atoms with Crippen molar-refractivity contribution in [2.24, 2.45) is 5.73 Å². The minimum atomic E-state index is 0.269. The first kappa shape index (κ1) is 10.9. The molecular weight excluding hydrogens is 244 g/mol. The summed E-state index contributed by atoms with van der Waals surface area (Å²) in [5.74, 6) is 0. The third-order valence-corrected chi connectivity index (χ3v) is 2.92. The lowest BCUT2D eigenvalue weighted by Gasteiger charge is -2.07. The van der Waals surface area contributed by atoms with Gasteiger partial charge in [-0.1, -0.05) is 30.4 Å². The van der Waals surface area contributed by atoms with E-state index in [4.69, 9.17) is 18.0 Å². The molecule has 0 fully saturated rings. The molecule has 88 valence electrons. The summed E-state index contributed by atoms with van der Waals surface area (Å²) in [5, 5.41) is 5.44. The van der Waals surface area contributed by atoms with Gasteiger partial charge in [-0.3, -0.25) is 4.98 Å². The van der Waals surface area contributed by atoms with E-state index in [-0.39, 0.29) is 4.99 Å². The molecular formula is C13H10N4S. The van der Waals surface area contributed by atoms with E-state index in [0.29, 0.717) is 5.69 Å². The van der Waals surface area contributed by atoms with Crippen molar-refractivity contribution in [3.63, 3.8) is 0 Å². The molecule has 0 bridgehead atoms. The molecule has 2 N–H and O–H groups in total. The van der Waals surface area contributed by atoms with Crippen LogP contribution >= 0.6 is 12.2 Å². The molecule has 0 amide bonds. The molecule has 5 heteroatoms. The second-order valence-corrected chi connectivity index (χ2v) is 4.29. The molecule has 0 unspecified atom stereocenters. The van der Waals surface area contributed by atoms with Crippen LogP contribution < -0.4 is 5.73 Å². The Balaban J connectivity index is 2.30. The van der Waals surface area contributed by atoms with E-state index in [1.54, 1.807) is 10.9 Å². The van der Waals surface area contributed by atoms with E-state index in [9.17, 15) is 0 Å². The number of hydrogen-bond donors (Lipinski definition) is 1. The molecule has 4 nitrogen and oxygen atoms in total. The minimum Gasteiger partial charge on any atom is -0.388 e. The smallest absolute Gasteiger partial charge is 0.124 e. The van der Waals surface area contributed by atoms with E-state index >= 15 is 0 Å². The van der Waals surface area contributed by atoms with Crippen LogP contribution in [0, 0.1) is 0 Å². The maximum absolute atomic E-state index is 5.69. The summed E-state index contributed by atoms with van der Waals surface area (Å²) in [6.07, 6.45) is 3.48. The van der Waals surface area contributed by atoms with E-state index < -0.39 is 0 Å². The van der Waals surface area contributed by atoms with Crippen LogP contribution in [0.4, 0.5) is 0 Å². The molecule has 2 heterocycles. The van der Waals surface area contributed by atoms with E-state index in [1.807, 2.05) is 42.6 Å². The first-order chi connectivity index (χ1) is 8.77. The van der Waals surface area contributed by atoms with Gasteiger partial charge in [0.05, 0.1) is 17.4 Å². The fraction of sp³-hybridized carbons (Fsp3) is 0. The van der Waals surface area contributed by atoms with Crippen LogP contribution in [0.15, 0.2) is 48.8 Å².